The Morgan fingerprint density at radius 1 is 1.00 bits per heavy atom. The molecule has 2 aliphatic carbocycles. The van der Waals surface area contributed by atoms with Crippen LogP contribution in [0.25, 0.3) is 0 Å². The van der Waals surface area contributed by atoms with Gasteiger partial charge < -0.3 is 4.98 Å². The van der Waals surface area contributed by atoms with Crippen molar-refractivity contribution in [2.45, 2.75) is 29.5 Å². The number of carbonyl (C=O) groups excluding carboxylic acids is 2. The molecule has 36 heavy (non-hydrogen) atoms. The number of hydrogen-bond donors (Lipinski definition) is 1. The van der Waals surface area contributed by atoms with Crippen molar-refractivity contribution in [2.75, 3.05) is 4.90 Å². The maximum absolute atomic E-state index is 13.8. The molecule has 3 heterocycles. The van der Waals surface area contributed by atoms with E-state index in [2.05, 4.69) is 24.0 Å². The summed E-state index contributed by atoms with van der Waals surface area (Å²) >= 11 is 2.92. The number of thiazole rings is 1. The van der Waals surface area contributed by atoms with Crippen molar-refractivity contribution in [3.05, 3.63) is 84.3 Å². The fourth-order valence-electron chi connectivity index (χ4n) is 7.28. The number of fused-ring (bicyclic) bond motifs is 9. The molecule has 0 radical (unpaired) electrons. The number of carbonyl (C=O) groups is 2. The van der Waals surface area contributed by atoms with Gasteiger partial charge in [-0.1, -0.05) is 35.6 Å². The Kier molecular flexibility index (Phi) is 4.66. The summed E-state index contributed by atoms with van der Waals surface area (Å²) in [5.41, 5.74) is 2.64. The minimum atomic E-state index is -0.497. The molecule has 0 unspecified atom stereocenters. The number of H-pyrrole nitrogens is 1. The Balaban J connectivity index is 1.31. The normalized spacial score (nSPS) is 31.9. The molecule has 3 aromatic rings. The van der Waals surface area contributed by atoms with Gasteiger partial charge >= 0.3 is 4.87 Å². The molecule has 4 aliphatic rings. The number of hydrogen-bond acceptors (Lipinski definition) is 7. The standard InChI is InChI=1S/C26H21N3O5S2/c1-11-4-2-3-5-14(11)17-18-15-10-16(21(18)35-23-22(17)36-26(32)27-23)20-19(15)24(30)28(25(20)31)12-6-8-13(9-7-12)29(33)34/h2-9,15-21H,10H2,1H3,(H,27,32)/t15-,16-,17+,18+,19+,20+,21-/m1/s1. The van der Waals surface area contributed by atoms with Crippen LogP contribution in [0.5, 0.6) is 0 Å². The topological polar surface area (TPSA) is 113 Å². The van der Waals surface area contributed by atoms with Gasteiger partial charge in [-0.3, -0.25) is 29.4 Å². The van der Waals surface area contributed by atoms with Crippen LogP contribution in [0.3, 0.4) is 0 Å². The maximum Gasteiger partial charge on any atom is 0.305 e. The molecule has 1 aromatic heterocycles. The Labute approximate surface area is 213 Å². The zero-order valence-electron chi connectivity index (χ0n) is 19.1. The van der Waals surface area contributed by atoms with Crippen molar-refractivity contribution in [3.63, 3.8) is 0 Å². The Bertz CT molecular complexity index is 1510. The average Bonchev–Trinajstić information content (AvgIpc) is 3.58. The number of imide groups is 1. The van der Waals surface area contributed by atoms with Crippen molar-refractivity contribution >= 4 is 46.3 Å². The SMILES string of the molecule is Cc1ccccc1[C@@H]1c2sc(=O)[nH]c2S[C@@H]2[C@@H]3C[C@@H]([C@@H]4C(=O)N(c5ccc([N+](=O)[O-])cc5)C(=O)[C@@H]34)[C@@H]12. The van der Waals surface area contributed by atoms with E-state index < -0.39 is 16.8 Å². The molecule has 0 spiro atoms. The quantitative estimate of drug-likeness (QED) is 0.313. The lowest BCUT2D eigenvalue weighted by Crippen LogP contribution is -2.42. The van der Waals surface area contributed by atoms with Gasteiger partial charge in [-0.15, -0.1) is 11.8 Å². The van der Waals surface area contributed by atoms with Gasteiger partial charge in [0.15, 0.2) is 0 Å². The third-order valence-electron chi connectivity index (χ3n) is 8.57. The van der Waals surface area contributed by atoms with Crippen LogP contribution >= 0.6 is 23.1 Å². The summed E-state index contributed by atoms with van der Waals surface area (Å²) in [5, 5.41) is 12.1. The first-order valence-corrected chi connectivity index (χ1v) is 13.6. The van der Waals surface area contributed by atoms with Crippen molar-refractivity contribution in [3.8, 4) is 0 Å². The molecule has 2 bridgehead atoms. The number of amides is 2. The summed E-state index contributed by atoms with van der Waals surface area (Å²) < 4.78 is 0. The van der Waals surface area contributed by atoms with Gasteiger partial charge in [0.25, 0.3) is 5.69 Å². The summed E-state index contributed by atoms with van der Waals surface area (Å²) in [4.78, 5) is 55.6. The average molecular weight is 520 g/mol. The number of nitrogens with one attached hydrogen (secondary N) is 1. The third kappa shape index (κ3) is 2.85. The van der Waals surface area contributed by atoms with E-state index in [1.807, 2.05) is 12.1 Å². The van der Waals surface area contributed by atoms with Crippen molar-refractivity contribution in [1.29, 1.82) is 0 Å². The molecular weight excluding hydrogens is 498 g/mol. The molecule has 1 saturated heterocycles. The van der Waals surface area contributed by atoms with Crippen LogP contribution in [0.1, 0.15) is 28.3 Å². The summed E-state index contributed by atoms with van der Waals surface area (Å²) in [5.74, 6) is -0.976. The largest absolute Gasteiger partial charge is 0.307 e. The number of nitro groups is 1. The highest BCUT2D eigenvalue weighted by atomic mass is 32.2. The molecule has 1 N–H and O–H groups in total. The van der Waals surface area contributed by atoms with Crippen LogP contribution in [-0.4, -0.2) is 27.0 Å². The number of aryl methyl sites for hydroxylation is 1. The Morgan fingerprint density at radius 3 is 2.39 bits per heavy atom. The fourth-order valence-corrected chi connectivity index (χ4v) is 10.2. The first kappa shape index (κ1) is 22.0. The molecule has 2 aromatic carbocycles. The van der Waals surface area contributed by atoms with E-state index in [9.17, 15) is 24.5 Å². The summed E-state index contributed by atoms with van der Waals surface area (Å²) in [6.45, 7) is 2.08. The van der Waals surface area contributed by atoms with Crippen molar-refractivity contribution in [2.24, 2.45) is 29.6 Å². The van der Waals surface area contributed by atoms with E-state index in [1.54, 1.807) is 11.8 Å². The van der Waals surface area contributed by atoms with E-state index in [0.717, 1.165) is 21.9 Å². The highest BCUT2D eigenvalue weighted by Crippen LogP contribution is 2.68. The van der Waals surface area contributed by atoms with Crippen LogP contribution in [-0.2, 0) is 9.59 Å². The molecule has 3 fully saturated rings. The molecular formula is C26H21N3O5S2. The predicted octanol–water partition coefficient (Wildman–Crippen LogP) is 4.33. The molecule has 182 valence electrons. The second kappa shape index (κ2) is 7.63. The van der Waals surface area contributed by atoms with E-state index in [-0.39, 0.29) is 51.3 Å². The summed E-state index contributed by atoms with van der Waals surface area (Å²) in [6.07, 6.45) is 0.824. The summed E-state index contributed by atoms with van der Waals surface area (Å²) in [7, 11) is 0. The second-order valence-electron chi connectivity index (χ2n) is 10.1. The number of nitrogens with zero attached hydrogens (tertiary/aromatic N) is 2. The van der Waals surface area contributed by atoms with Gasteiger partial charge in [0.2, 0.25) is 11.8 Å². The van der Waals surface area contributed by atoms with Crippen LogP contribution in [0.15, 0.2) is 58.4 Å². The first-order chi connectivity index (χ1) is 17.3. The number of nitro benzene ring substituents is 1. The third-order valence-corrected chi connectivity index (χ3v) is 11.2. The molecule has 7 atom stereocenters. The van der Waals surface area contributed by atoms with E-state index >= 15 is 0 Å². The van der Waals surface area contributed by atoms with Crippen molar-refractivity contribution < 1.29 is 14.5 Å². The molecule has 2 saturated carbocycles. The summed E-state index contributed by atoms with van der Waals surface area (Å²) in [6, 6.07) is 13.9. The van der Waals surface area contributed by atoms with E-state index in [1.165, 1.54) is 46.1 Å². The van der Waals surface area contributed by atoms with E-state index in [4.69, 9.17) is 0 Å². The Morgan fingerprint density at radius 2 is 1.69 bits per heavy atom. The lowest BCUT2D eigenvalue weighted by atomic mass is 9.67. The highest BCUT2D eigenvalue weighted by molar-refractivity contribution is 8.00. The zero-order chi connectivity index (χ0) is 24.9. The minimum absolute atomic E-state index is 0.00340. The van der Waals surface area contributed by atoms with Gasteiger partial charge in [-0.2, -0.15) is 0 Å². The molecule has 10 heteroatoms. The van der Waals surface area contributed by atoms with Gasteiger partial charge in [-0.25, -0.2) is 0 Å². The number of aromatic amines is 1. The van der Waals surface area contributed by atoms with Gasteiger partial charge in [-0.05, 0) is 54.4 Å². The van der Waals surface area contributed by atoms with Crippen LogP contribution < -0.4 is 9.77 Å². The number of thioether (sulfide) groups is 1. The minimum Gasteiger partial charge on any atom is -0.307 e. The van der Waals surface area contributed by atoms with Crippen molar-refractivity contribution in [1.82, 2.24) is 4.98 Å². The second-order valence-corrected chi connectivity index (χ2v) is 12.3. The lowest BCUT2D eigenvalue weighted by molar-refractivity contribution is -0.384. The van der Waals surface area contributed by atoms with Crippen LogP contribution in [0.2, 0.25) is 0 Å². The van der Waals surface area contributed by atoms with Gasteiger partial charge in [0, 0.05) is 28.2 Å². The first-order valence-electron chi connectivity index (χ1n) is 11.9. The fraction of sp³-hybridized carbons (Fsp3) is 0.346. The zero-order valence-corrected chi connectivity index (χ0v) is 20.8. The van der Waals surface area contributed by atoms with Gasteiger partial charge in [0.05, 0.1) is 27.5 Å². The lowest BCUT2D eigenvalue weighted by Gasteiger charge is -2.43. The maximum atomic E-state index is 13.8. The van der Waals surface area contributed by atoms with Crippen LogP contribution in [0, 0.1) is 46.6 Å². The number of rotatable bonds is 3. The molecule has 8 nitrogen and oxygen atoms in total. The highest BCUT2D eigenvalue weighted by Gasteiger charge is 2.69. The number of anilines is 1. The molecule has 2 aliphatic heterocycles. The van der Waals surface area contributed by atoms with Gasteiger partial charge in [0.1, 0.15) is 0 Å². The smallest absolute Gasteiger partial charge is 0.305 e. The number of non-ortho nitro benzene ring substituents is 1. The number of benzene rings is 2. The van der Waals surface area contributed by atoms with E-state index in [0.29, 0.717) is 5.69 Å². The monoisotopic (exact) mass is 519 g/mol. The number of aromatic nitrogens is 1. The molecule has 7 rings (SSSR count). The van der Waals surface area contributed by atoms with Crippen LogP contribution in [0.4, 0.5) is 11.4 Å². The predicted molar refractivity (Wildman–Crippen MR) is 135 cm³/mol. The Hall–Kier alpha value is -3.24. The molecule has 2 amide bonds.